The second-order valence-corrected chi connectivity index (χ2v) is 22.4. The normalized spacial score (nSPS) is 17.0. The number of nitrogens with zero attached hydrogens (tertiary/aromatic N) is 2. The van der Waals surface area contributed by atoms with Crippen LogP contribution in [0, 0.1) is 5.92 Å². The van der Waals surface area contributed by atoms with E-state index in [0.717, 1.165) is 0 Å². The molecule has 4 heterocycles. The molecule has 470 valence electrons. The number of primary amides is 1. The number of H-pyrrole nitrogens is 2. The Morgan fingerprint density at radius 3 is 1.82 bits per heavy atom. The first-order valence-corrected chi connectivity index (χ1v) is 29.4. The number of hydrogen-bond acceptors (Lipinski definition) is 14. The van der Waals surface area contributed by atoms with E-state index in [-0.39, 0.29) is 87.8 Å². The Kier molecular flexibility index (Phi) is 23.7. The van der Waals surface area contributed by atoms with Crippen LogP contribution in [0.25, 0.3) is 10.9 Å². The van der Waals surface area contributed by atoms with E-state index in [0.29, 0.717) is 52.7 Å². The van der Waals surface area contributed by atoms with Crippen molar-refractivity contribution in [2.24, 2.45) is 11.7 Å². The molecule has 88 heavy (non-hydrogen) atoms. The van der Waals surface area contributed by atoms with Gasteiger partial charge in [0.05, 0.1) is 12.9 Å². The average Bonchev–Trinajstić information content (AvgIpc) is 4.57. The third-order valence-electron chi connectivity index (χ3n) is 15.2. The van der Waals surface area contributed by atoms with Gasteiger partial charge in [0.2, 0.25) is 65.0 Å². The number of aromatic hydroxyl groups is 1. The molecule has 0 aliphatic carbocycles. The predicted molar refractivity (Wildman–Crippen MR) is 319 cm³/mol. The standard InChI is InChI=1S/C61H78N14O13/c1-4-64-60(87)50-15-10-24-75(50)61(88)43(20-22-51(62)78)68-54(81)44(25-34(2)3)69-55(82)45(26-35-11-6-5-7-12-35)70-56(83)46(27-36-16-18-39(77)19-17-36)71-59(86)49(32-76)74-57(84)47(28-37-30-65-41-14-9-8-13-40(37)41)72-58(85)48(29-38-31-63-33-66-38)73-53(80)42-21-23-52(79)67-42/h5-9,11-14,16-19,30-31,33-34,42-50,65,76-77H,4,10,15,20-29,32H2,1-3H3,(H2,62,78)(H,63,66)(H,64,87)(H,67,79)(H,68,81)(H,69,82)(H,70,83)(H,71,86)(H,72,85)(H,73,80)(H,74,84)/t42-,43-,44-,45+,46-,47-,48-,49-,50-/m0/s1. The third kappa shape index (κ3) is 18.7. The molecule has 9 atom stereocenters. The summed E-state index contributed by atoms with van der Waals surface area (Å²) < 4.78 is 0. The van der Waals surface area contributed by atoms with E-state index in [1.165, 1.54) is 41.7 Å². The number of aromatic nitrogens is 3. The van der Waals surface area contributed by atoms with Crippen molar-refractivity contribution in [3.8, 4) is 5.75 Å². The topological polar surface area (TPSA) is 410 Å². The number of carbonyl (C=O) groups is 11. The van der Waals surface area contributed by atoms with Crippen molar-refractivity contribution in [3.05, 3.63) is 120 Å². The number of nitrogens with one attached hydrogen (secondary N) is 11. The van der Waals surface area contributed by atoms with Crippen molar-refractivity contribution < 1.29 is 63.0 Å². The van der Waals surface area contributed by atoms with Crippen LogP contribution in [-0.2, 0) is 78.4 Å². The molecule has 5 aromatic rings. The number of aliphatic hydroxyl groups excluding tert-OH is 1. The van der Waals surface area contributed by atoms with Gasteiger partial charge in [-0.1, -0.05) is 74.5 Å². The first-order valence-electron chi connectivity index (χ1n) is 29.4. The lowest BCUT2D eigenvalue weighted by Crippen LogP contribution is -2.61. The van der Waals surface area contributed by atoms with Gasteiger partial charge in [-0.25, -0.2) is 4.98 Å². The van der Waals surface area contributed by atoms with Crippen LogP contribution in [-0.4, -0.2) is 169 Å². The highest BCUT2D eigenvalue weighted by molar-refractivity contribution is 5.99. The van der Waals surface area contributed by atoms with Gasteiger partial charge in [0, 0.05) is 80.6 Å². The van der Waals surface area contributed by atoms with Crippen molar-refractivity contribution in [1.82, 2.24) is 67.7 Å². The number of hydrogen-bond donors (Lipinski definition) is 14. The number of likely N-dealkylation sites (tertiary alicyclic amines) is 1. The number of rotatable bonds is 31. The van der Waals surface area contributed by atoms with Crippen molar-refractivity contribution in [2.45, 2.75) is 146 Å². The Bertz CT molecular complexity index is 3270. The molecule has 2 aliphatic heterocycles. The summed E-state index contributed by atoms with van der Waals surface area (Å²) in [7, 11) is 0. The highest BCUT2D eigenvalue weighted by Crippen LogP contribution is 2.22. The third-order valence-corrected chi connectivity index (χ3v) is 15.2. The number of fused-ring (bicyclic) bond motifs is 1. The van der Waals surface area contributed by atoms with E-state index in [2.05, 4.69) is 62.8 Å². The quantitative estimate of drug-likeness (QED) is 0.0253. The first kappa shape index (κ1) is 65.9. The average molecular weight is 1220 g/mol. The van der Waals surface area contributed by atoms with Crippen molar-refractivity contribution in [3.63, 3.8) is 0 Å². The molecule has 0 bridgehead atoms. The molecule has 11 amide bonds. The Labute approximate surface area is 507 Å². The summed E-state index contributed by atoms with van der Waals surface area (Å²) in [5.74, 6) is -8.43. The van der Waals surface area contributed by atoms with Crippen LogP contribution in [0.5, 0.6) is 5.75 Å². The molecule has 2 aromatic heterocycles. The largest absolute Gasteiger partial charge is 0.508 e. The maximum Gasteiger partial charge on any atom is 0.245 e. The molecule has 27 heteroatoms. The van der Waals surface area contributed by atoms with E-state index in [1.807, 2.05) is 0 Å². The van der Waals surface area contributed by atoms with Crippen molar-refractivity contribution in [2.75, 3.05) is 19.7 Å². The monoisotopic (exact) mass is 1210 g/mol. The summed E-state index contributed by atoms with van der Waals surface area (Å²) in [6.07, 6.45) is 4.51. The molecule has 27 nitrogen and oxygen atoms in total. The van der Waals surface area contributed by atoms with E-state index < -0.39 is 114 Å². The Hall–Kier alpha value is -9.66. The number of carbonyl (C=O) groups excluding carboxylic acids is 11. The SMILES string of the molecule is CCNC(=O)[C@@H]1CCCN1C(=O)[C@H](CCC(N)=O)NC(=O)[C@H](CC(C)C)NC(=O)[C@@H](Cc1ccccc1)NC(=O)[C@H](Cc1ccc(O)cc1)NC(=O)[C@H](CO)NC(=O)[C@H](Cc1c[nH]c2ccccc12)NC(=O)[C@H](Cc1cnc[nH]1)NC(=O)[C@@H]1CCC(=O)N1. The molecule has 3 aromatic carbocycles. The number of amides is 11. The minimum Gasteiger partial charge on any atom is -0.508 e. The number of imidazole rings is 1. The number of benzene rings is 3. The maximum atomic E-state index is 14.8. The van der Waals surface area contributed by atoms with Crippen LogP contribution in [0.1, 0.15) is 88.1 Å². The highest BCUT2D eigenvalue weighted by Gasteiger charge is 2.40. The lowest BCUT2D eigenvalue weighted by atomic mass is 9.99. The number of para-hydroxylation sites is 1. The van der Waals surface area contributed by atoms with E-state index in [9.17, 15) is 63.0 Å². The lowest BCUT2D eigenvalue weighted by Gasteiger charge is -2.30. The minimum atomic E-state index is -1.78. The van der Waals surface area contributed by atoms with Crippen molar-refractivity contribution in [1.29, 1.82) is 0 Å². The summed E-state index contributed by atoms with van der Waals surface area (Å²) in [6, 6.07) is 9.50. The zero-order valence-corrected chi connectivity index (χ0v) is 49.3. The van der Waals surface area contributed by atoms with Crippen LogP contribution in [0.3, 0.4) is 0 Å². The molecule has 0 unspecified atom stereocenters. The number of aromatic amines is 2. The Balaban J connectivity index is 1.13. The summed E-state index contributed by atoms with van der Waals surface area (Å²) in [5.41, 5.74) is 8.22. The van der Waals surface area contributed by atoms with Gasteiger partial charge in [0.15, 0.2) is 0 Å². The number of aliphatic hydroxyl groups is 1. The number of phenolic OH excluding ortho intramolecular Hbond substituents is 1. The van der Waals surface area contributed by atoms with Gasteiger partial charge in [0.1, 0.15) is 60.1 Å². The summed E-state index contributed by atoms with van der Waals surface area (Å²) in [5, 5.41) is 45.7. The van der Waals surface area contributed by atoms with Crippen LogP contribution in [0.4, 0.5) is 0 Å². The molecule has 0 radical (unpaired) electrons. The van der Waals surface area contributed by atoms with Crippen LogP contribution < -0.4 is 53.6 Å². The molecule has 15 N–H and O–H groups in total. The van der Waals surface area contributed by atoms with Crippen LogP contribution >= 0.6 is 0 Å². The molecular formula is C61H78N14O13. The number of likely N-dealkylation sites (N-methyl/N-ethyl adjacent to an activating group) is 1. The summed E-state index contributed by atoms with van der Waals surface area (Å²) >= 11 is 0. The Morgan fingerprint density at radius 1 is 0.659 bits per heavy atom. The van der Waals surface area contributed by atoms with Gasteiger partial charge < -0.3 is 78.7 Å². The van der Waals surface area contributed by atoms with Crippen LogP contribution in [0.15, 0.2) is 97.6 Å². The molecule has 2 fully saturated rings. The fourth-order valence-electron chi connectivity index (χ4n) is 10.6. The van der Waals surface area contributed by atoms with Gasteiger partial charge in [0.25, 0.3) is 0 Å². The van der Waals surface area contributed by atoms with Gasteiger partial charge in [-0.05, 0) is 79.8 Å². The Morgan fingerprint density at radius 2 is 1.23 bits per heavy atom. The zero-order chi connectivity index (χ0) is 63.4. The predicted octanol–water partition coefficient (Wildman–Crippen LogP) is -1.03. The van der Waals surface area contributed by atoms with E-state index in [4.69, 9.17) is 5.73 Å². The highest BCUT2D eigenvalue weighted by atomic mass is 16.3. The van der Waals surface area contributed by atoms with Gasteiger partial charge in [-0.3, -0.25) is 52.7 Å². The van der Waals surface area contributed by atoms with Crippen molar-refractivity contribution >= 4 is 75.9 Å². The number of phenols is 1. The van der Waals surface area contributed by atoms with E-state index in [1.54, 1.807) is 81.6 Å². The summed E-state index contributed by atoms with van der Waals surface area (Å²) in [4.78, 5) is 163. The lowest BCUT2D eigenvalue weighted by molar-refractivity contribution is -0.142. The molecule has 0 spiro atoms. The molecule has 0 saturated carbocycles. The molecule has 2 saturated heterocycles. The molecule has 2 aliphatic rings. The smallest absolute Gasteiger partial charge is 0.245 e. The molecular weight excluding hydrogens is 1140 g/mol. The van der Waals surface area contributed by atoms with Gasteiger partial charge in [-0.2, -0.15) is 0 Å². The molecule has 7 rings (SSSR count). The number of nitrogens with two attached hydrogens (primary N) is 1. The fraction of sp³-hybridized carbons (Fsp3) is 0.443. The fourth-order valence-corrected chi connectivity index (χ4v) is 10.6. The zero-order valence-electron chi connectivity index (χ0n) is 49.3. The summed E-state index contributed by atoms with van der Waals surface area (Å²) in [6.45, 7) is 4.86. The van der Waals surface area contributed by atoms with Gasteiger partial charge >= 0.3 is 0 Å². The second kappa shape index (κ2) is 31.6. The maximum absolute atomic E-state index is 14.8. The van der Waals surface area contributed by atoms with Gasteiger partial charge in [-0.15, -0.1) is 0 Å². The second-order valence-electron chi connectivity index (χ2n) is 22.4. The van der Waals surface area contributed by atoms with Crippen LogP contribution in [0.2, 0.25) is 0 Å². The first-order chi connectivity index (χ1) is 42.2. The van der Waals surface area contributed by atoms with E-state index >= 15 is 0 Å². The minimum absolute atomic E-state index is 0.0370.